The van der Waals surface area contributed by atoms with E-state index in [1.54, 1.807) is 27.9 Å². The highest BCUT2D eigenvalue weighted by molar-refractivity contribution is 7.80. The minimum absolute atomic E-state index is 0.235. The molecule has 0 amide bonds. The molecule has 1 aromatic rings. The number of thiocarbonyl (C=S) groups is 1. The van der Waals surface area contributed by atoms with Gasteiger partial charge in [0.05, 0.1) is 25.4 Å². The zero-order chi connectivity index (χ0) is 18.1. The molecule has 1 heterocycles. The molecule has 0 fully saturated rings. The van der Waals surface area contributed by atoms with Gasteiger partial charge in [0.1, 0.15) is 9.88 Å². The van der Waals surface area contributed by atoms with E-state index in [0.29, 0.717) is 39.3 Å². The Balaban J connectivity index is 3.07. The zero-order valence-corrected chi connectivity index (χ0v) is 15.8. The number of anilines is 1. The second-order valence-electron chi connectivity index (χ2n) is 4.57. The average molecular weight is 374 g/mol. The summed E-state index contributed by atoms with van der Waals surface area (Å²) in [7, 11) is 1.59. The Labute approximate surface area is 150 Å². The van der Waals surface area contributed by atoms with Crippen LogP contribution >= 0.6 is 23.6 Å². The Bertz CT molecular complexity index is 601. The van der Waals surface area contributed by atoms with Gasteiger partial charge >= 0.3 is 11.9 Å². The van der Waals surface area contributed by atoms with Crippen LogP contribution in [0.25, 0.3) is 0 Å². The van der Waals surface area contributed by atoms with E-state index in [1.807, 2.05) is 0 Å². The summed E-state index contributed by atoms with van der Waals surface area (Å²) in [6.07, 6.45) is 0. The molecule has 0 aliphatic heterocycles. The Hall–Kier alpha value is -1.71. The summed E-state index contributed by atoms with van der Waals surface area (Å²) in [5.41, 5.74) is 0.805. The van der Waals surface area contributed by atoms with Crippen molar-refractivity contribution in [3.8, 4) is 0 Å². The van der Waals surface area contributed by atoms with Crippen LogP contribution in [0.3, 0.4) is 0 Å². The first kappa shape index (κ1) is 20.3. The van der Waals surface area contributed by atoms with Crippen molar-refractivity contribution in [3.05, 3.63) is 16.0 Å². The van der Waals surface area contributed by atoms with Crippen LogP contribution in [0.4, 0.5) is 5.00 Å². The number of ether oxygens (including phenoxy) is 3. The van der Waals surface area contributed by atoms with Crippen molar-refractivity contribution in [3.63, 3.8) is 0 Å². The molecule has 1 rings (SSSR count). The van der Waals surface area contributed by atoms with Gasteiger partial charge in [-0.3, -0.25) is 0 Å². The first-order valence-corrected chi connectivity index (χ1v) is 8.70. The van der Waals surface area contributed by atoms with E-state index in [9.17, 15) is 9.59 Å². The van der Waals surface area contributed by atoms with Gasteiger partial charge in [-0.05, 0) is 38.6 Å². The first-order valence-electron chi connectivity index (χ1n) is 7.47. The molecule has 0 bridgehead atoms. The lowest BCUT2D eigenvalue weighted by Gasteiger charge is -2.10. The normalized spacial score (nSPS) is 10.2. The molecule has 1 aromatic heterocycles. The van der Waals surface area contributed by atoms with Crippen LogP contribution in [0.1, 0.15) is 39.4 Å². The maximum absolute atomic E-state index is 12.2. The highest BCUT2D eigenvalue weighted by Crippen LogP contribution is 2.34. The quantitative estimate of drug-likeness (QED) is 0.407. The number of carbonyl (C=O) groups excluding carboxylic acids is 2. The topological polar surface area (TPSA) is 85.9 Å². The molecule has 0 saturated heterocycles. The Kier molecular flexibility index (Phi) is 8.66. The fourth-order valence-corrected chi connectivity index (χ4v) is 3.22. The van der Waals surface area contributed by atoms with Crippen molar-refractivity contribution in [1.29, 1.82) is 0 Å². The number of hydrogen-bond acceptors (Lipinski definition) is 7. The van der Waals surface area contributed by atoms with E-state index < -0.39 is 11.9 Å². The van der Waals surface area contributed by atoms with Crippen LogP contribution in [-0.2, 0) is 14.2 Å². The maximum atomic E-state index is 12.2. The second kappa shape index (κ2) is 10.2. The Morgan fingerprint density at radius 1 is 1.17 bits per heavy atom. The van der Waals surface area contributed by atoms with Gasteiger partial charge in [-0.1, -0.05) is 0 Å². The smallest absolute Gasteiger partial charge is 0.348 e. The molecule has 7 nitrogen and oxygen atoms in total. The maximum Gasteiger partial charge on any atom is 0.348 e. The summed E-state index contributed by atoms with van der Waals surface area (Å²) in [6, 6.07) is 0. The largest absolute Gasteiger partial charge is 0.462 e. The third kappa shape index (κ3) is 5.43. The van der Waals surface area contributed by atoms with Crippen molar-refractivity contribution in [2.24, 2.45) is 0 Å². The van der Waals surface area contributed by atoms with E-state index >= 15 is 0 Å². The van der Waals surface area contributed by atoms with Crippen LogP contribution in [0.15, 0.2) is 0 Å². The molecule has 0 aromatic carbocycles. The SMILES string of the molecule is CCOC(=O)c1sc(NC(=S)NCCOC)c(C(=O)OCC)c1C. The molecule has 0 aliphatic carbocycles. The van der Waals surface area contributed by atoms with Gasteiger partial charge in [0.25, 0.3) is 0 Å². The van der Waals surface area contributed by atoms with E-state index in [0.717, 1.165) is 11.3 Å². The monoisotopic (exact) mass is 374 g/mol. The molecule has 0 unspecified atom stereocenters. The zero-order valence-electron chi connectivity index (χ0n) is 14.2. The van der Waals surface area contributed by atoms with E-state index in [1.165, 1.54) is 0 Å². The number of carbonyl (C=O) groups is 2. The molecular formula is C15H22N2O5S2. The number of thiophene rings is 1. The van der Waals surface area contributed by atoms with Gasteiger partial charge in [-0.2, -0.15) is 0 Å². The molecule has 0 radical (unpaired) electrons. The number of rotatable bonds is 8. The summed E-state index contributed by atoms with van der Waals surface area (Å²) < 4.78 is 15.0. The van der Waals surface area contributed by atoms with E-state index in [-0.39, 0.29) is 13.2 Å². The summed E-state index contributed by atoms with van der Waals surface area (Å²) in [6.45, 7) is 6.62. The number of esters is 2. The molecule has 0 saturated carbocycles. The van der Waals surface area contributed by atoms with Gasteiger partial charge in [-0.15, -0.1) is 11.3 Å². The Morgan fingerprint density at radius 3 is 2.38 bits per heavy atom. The molecule has 0 spiro atoms. The van der Waals surface area contributed by atoms with Crippen molar-refractivity contribution < 1.29 is 23.8 Å². The van der Waals surface area contributed by atoms with Crippen LogP contribution in [0.5, 0.6) is 0 Å². The van der Waals surface area contributed by atoms with Gasteiger partial charge in [0, 0.05) is 13.7 Å². The summed E-state index contributed by atoms with van der Waals surface area (Å²) in [5.74, 6) is -0.985. The lowest BCUT2D eigenvalue weighted by atomic mass is 10.1. The third-order valence-corrected chi connectivity index (χ3v) is 4.34. The van der Waals surface area contributed by atoms with E-state index in [4.69, 9.17) is 26.4 Å². The average Bonchev–Trinajstić information content (AvgIpc) is 2.84. The van der Waals surface area contributed by atoms with Crippen molar-refractivity contribution in [1.82, 2.24) is 5.32 Å². The second-order valence-corrected chi connectivity index (χ2v) is 6.00. The van der Waals surface area contributed by atoms with Crippen LogP contribution < -0.4 is 10.6 Å². The minimum Gasteiger partial charge on any atom is -0.462 e. The lowest BCUT2D eigenvalue weighted by molar-refractivity contribution is 0.0527. The van der Waals surface area contributed by atoms with E-state index in [2.05, 4.69) is 10.6 Å². The number of hydrogen-bond donors (Lipinski definition) is 2. The molecule has 0 aliphatic rings. The van der Waals surface area contributed by atoms with Crippen molar-refractivity contribution in [2.45, 2.75) is 20.8 Å². The molecule has 24 heavy (non-hydrogen) atoms. The summed E-state index contributed by atoms with van der Waals surface area (Å²) >= 11 is 6.30. The molecule has 2 N–H and O–H groups in total. The first-order chi connectivity index (χ1) is 11.5. The molecule has 134 valence electrons. The lowest BCUT2D eigenvalue weighted by Crippen LogP contribution is -2.31. The van der Waals surface area contributed by atoms with Crippen LogP contribution in [0.2, 0.25) is 0 Å². The Morgan fingerprint density at radius 2 is 1.79 bits per heavy atom. The van der Waals surface area contributed by atoms with Gasteiger partial charge in [0.15, 0.2) is 5.11 Å². The number of methoxy groups -OCH3 is 1. The van der Waals surface area contributed by atoms with Gasteiger partial charge in [-0.25, -0.2) is 9.59 Å². The molecule has 9 heteroatoms. The van der Waals surface area contributed by atoms with Crippen LogP contribution in [0, 0.1) is 6.92 Å². The molecule has 0 atom stereocenters. The highest BCUT2D eigenvalue weighted by Gasteiger charge is 2.26. The molecular weight excluding hydrogens is 352 g/mol. The summed E-state index contributed by atoms with van der Waals surface area (Å²) in [4.78, 5) is 24.6. The minimum atomic E-state index is -0.510. The van der Waals surface area contributed by atoms with Crippen LogP contribution in [-0.4, -0.2) is 50.5 Å². The van der Waals surface area contributed by atoms with Gasteiger partial charge in [0.2, 0.25) is 0 Å². The van der Waals surface area contributed by atoms with Crippen molar-refractivity contribution >= 4 is 45.6 Å². The summed E-state index contributed by atoms with van der Waals surface area (Å²) in [5, 5.41) is 6.66. The number of nitrogens with one attached hydrogen (secondary N) is 2. The highest BCUT2D eigenvalue weighted by atomic mass is 32.1. The van der Waals surface area contributed by atoms with Crippen molar-refractivity contribution in [2.75, 3.05) is 38.8 Å². The fourth-order valence-electron chi connectivity index (χ4n) is 1.86. The standard InChI is InChI=1S/C15H22N2O5S2/c1-5-21-13(18)10-9(3)11(14(19)22-6-2)24-12(10)17-15(23)16-7-8-20-4/h5-8H2,1-4H3,(H2,16,17,23). The van der Waals surface area contributed by atoms with Gasteiger partial charge < -0.3 is 24.8 Å². The third-order valence-electron chi connectivity index (χ3n) is 2.91. The fraction of sp³-hybridized carbons (Fsp3) is 0.533. The predicted molar refractivity (Wildman–Crippen MR) is 97.1 cm³/mol. The predicted octanol–water partition coefficient (Wildman–Crippen LogP) is 2.34.